The lowest BCUT2D eigenvalue weighted by atomic mass is 9.44. The molecule has 1 spiro atoms. The van der Waals surface area contributed by atoms with Gasteiger partial charge >= 0.3 is 0 Å². The Morgan fingerprint density at radius 3 is 2.33 bits per heavy atom. The highest BCUT2D eigenvalue weighted by atomic mass is 16.7. The van der Waals surface area contributed by atoms with Crippen LogP contribution in [0.2, 0.25) is 0 Å². The van der Waals surface area contributed by atoms with Crippen LogP contribution in [0.5, 0.6) is 0 Å². The molecule has 12 nitrogen and oxygen atoms in total. The summed E-state index contributed by atoms with van der Waals surface area (Å²) in [6, 6.07) is 0. The van der Waals surface area contributed by atoms with Crippen LogP contribution in [-0.2, 0) is 33.2 Å². The molecular weight excluding hydrogens is 660 g/mol. The molecule has 4 aliphatic carbocycles. The Bertz CT molecular complexity index is 1290. The third-order valence-electron chi connectivity index (χ3n) is 15.8. The summed E-state index contributed by atoms with van der Waals surface area (Å²) >= 11 is 0. The zero-order valence-electron chi connectivity index (χ0n) is 31.0. The molecule has 21 atom stereocenters. The van der Waals surface area contributed by atoms with E-state index in [1.807, 2.05) is 0 Å². The van der Waals surface area contributed by atoms with Crippen molar-refractivity contribution in [2.45, 2.75) is 172 Å². The van der Waals surface area contributed by atoms with Crippen molar-refractivity contribution in [1.82, 2.24) is 0 Å². The van der Waals surface area contributed by atoms with Crippen LogP contribution in [0.15, 0.2) is 0 Å². The zero-order valence-corrected chi connectivity index (χ0v) is 31.0. The number of fused-ring (bicyclic) bond motifs is 7. The molecule has 8 aliphatic rings. The average molecular weight is 723 g/mol. The van der Waals surface area contributed by atoms with Crippen molar-refractivity contribution in [2.75, 3.05) is 13.2 Å². The van der Waals surface area contributed by atoms with E-state index >= 15 is 0 Å². The fourth-order valence-corrected chi connectivity index (χ4v) is 12.9. The maximum absolute atomic E-state index is 14.5. The van der Waals surface area contributed by atoms with E-state index in [-0.39, 0.29) is 41.3 Å². The van der Waals surface area contributed by atoms with Gasteiger partial charge in [0.15, 0.2) is 18.4 Å². The third kappa shape index (κ3) is 5.83. The minimum atomic E-state index is -1.49. The van der Waals surface area contributed by atoms with E-state index in [0.29, 0.717) is 41.8 Å². The standard InChI is InChI=1S/C39H62O12/c1-18-8-11-39(46-17-18)20(3)30-27(51-39)14-25-23-7-6-21-13-22(9-10-37(21,4)24(23)15-29(42)38(25,30)5)48-36-33(45)32(44)34(28(16-40)49-36)50-35-31(43)26(41)12-19(2)47-35/h18-28,30-36,40-41,43-45H,6-17H2,1-5H3/t18-,19+,20+,21+,22+,23-,24+,25+,26+,27+,28+,30+,31+,32-,33+,34-,35+,36-,37+,38-,39-/m1/s1. The SMILES string of the molecule is C[C@@H]1CC[C@@]2(OC1)O[C@H]1C[C@H]3[C@@H]4CC[C@H]5C[C@@H](O[C@@H]6O[C@@H](CO)[C@@H](O[C@@H]7O[C@@H](C)C[C@H](O)[C@@H]7O)[C@H](O)[C@@H]6O)CC[C@]5(C)[C@H]4CC(=O)[C@]3(C)[C@H]1[C@@H]2C. The lowest BCUT2D eigenvalue weighted by Crippen LogP contribution is -2.63. The van der Waals surface area contributed by atoms with Crippen molar-refractivity contribution < 1.29 is 58.7 Å². The molecule has 0 aromatic rings. The van der Waals surface area contributed by atoms with Crippen LogP contribution in [0.3, 0.4) is 0 Å². The Morgan fingerprint density at radius 1 is 0.843 bits per heavy atom. The van der Waals surface area contributed by atoms with Crippen molar-refractivity contribution in [3.05, 3.63) is 0 Å². The van der Waals surface area contributed by atoms with Gasteiger partial charge in [0, 0.05) is 36.5 Å². The number of hydrogen-bond acceptors (Lipinski definition) is 12. The quantitative estimate of drug-likeness (QED) is 0.263. The number of Topliss-reactive ketones (excluding diaryl/α,β-unsaturated/α-hetero) is 1. The summed E-state index contributed by atoms with van der Waals surface area (Å²) in [5.74, 6) is 2.25. The number of ether oxygens (including phenoxy) is 6. The first-order chi connectivity index (χ1) is 24.2. The second kappa shape index (κ2) is 13.5. The monoisotopic (exact) mass is 722 g/mol. The molecule has 12 heteroatoms. The van der Waals surface area contributed by atoms with Crippen LogP contribution in [0, 0.1) is 52.3 Å². The van der Waals surface area contributed by atoms with Gasteiger partial charge in [-0.05, 0) is 86.9 Å². The van der Waals surface area contributed by atoms with Gasteiger partial charge in [-0.3, -0.25) is 4.79 Å². The molecule has 4 heterocycles. The van der Waals surface area contributed by atoms with E-state index in [1.165, 1.54) is 0 Å². The number of rotatable bonds is 5. The molecule has 0 aromatic heterocycles. The second-order valence-electron chi connectivity index (χ2n) is 18.5. The number of carbonyl (C=O) groups excluding carboxylic acids is 1. The largest absolute Gasteiger partial charge is 0.394 e. The number of aliphatic hydroxyl groups excluding tert-OH is 5. The Kier molecular flexibility index (Phi) is 9.81. The molecular formula is C39H62O12. The predicted molar refractivity (Wildman–Crippen MR) is 181 cm³/mol. The molecule has 4 aliphatic heterocycles. The van der Waals surface area contributed by atoms with E-state index in [4.69, 9.17) is 28.4 Å². The Balaban J connectivity index is 0.915. The first kappa shape index (κ1) is 37.2. The van der Waals surface area contributed by atoms with Crippen molar-refractivity contribution in [3.8, 4) is 0 Å². The third-order valence-corrected chi connectivity index (χ3v) is 15.8. The van der Waals surface area contributed by atoms with Crippen LogP contribution < -0.4 is 0 Å². The van der Waals surface area contributed by atoms with Gasteiger partial charge in [0.25, 0.3) is 0 Å². The molecule has 5 N–H and O–H groups in total. The first-order valence-corrected chi connectivity index (χ1v) is 20.0. The number of carbonyl (C=O) groups is 1. The smallest absolute Gasteiger partial charge is 0.186 e. The minimum Gasteiger partial charge on any atom is -0.394 e. The highest BCUT2D eigenvalue weighted by molar-refractivity contribution is 5.87. The first-order valence-electron chi connectivity index (χ1n) is 20.0. The number of hydrogen-bond donors (Lipinski definition) is 5. The predicted octanol–water partition coefficient (Wildman–Crippen LogP) is 2.68. The van der Waals surface area contributed by atoms with Gasteiger partial charge in [-0.25, -0.2) is 0 Å². The molecule has 0 amide bonds. The Hall–Kier alpha value is -0.770. The van der Waals surface area contributed by atoms with E-state index in [9.17, 15) is 30.3 Å². The maximum Gasteiger partial charge on any atom is 0.186 e. The van der Waals surface area contributed by atoms with E-state index in [2.05, 4.69) is 27.7 Å². The second-order valence-corrected chi connectivity index (χ2v) is 18.5. The molecule has 4 saturated heterocycles. The number of ketones is 1. The minimum absolute atomic E-state index is 0.00552. The van der Waals surface area contributed by atoms with Crippen LogP contribution in [0.4, 0.5) is 0 Å². The molecule has 8 fully saturated rings. The van der Waals surface area contributed by atoms with Gasteiger partial charge in [0.1, 0.15) is 36.3 Å². The number of aliphatic hydroxyl groups is 5. The van der Waals surface area contributed by atoms with Gasteiger partial charge in [-0.1, -0.05) is 27.7 Å². The van der Waals surface area contributed by atoms with E-state index in [1.54, 1.807) is 6.92 Å². The normalized spacial score (nSPS) is 58.5. The summed E-state index contributed by atoms with van der Waals surface area (Å²) in [5, 5.41) is 53.1. The maximum atomic E-state index is 14.5. The Morgan fingerprint density at radius 2 is 1.61 bits per heavy atom. The van der Waals surface area contributed by atoms with Gasteiger partial charge in [-0.15, -0.1) is 0 Å². The molecule has 4 saturated carbocycles. The summed E-state index contributed by atoms with van der Waals surface area (Å²) < 4.78 is 37.2. The van der Waals surface area contributed by atoms with Crippen molar-refractivity contribution >= 4 is 5.78 Å². The zero-order chi connectivity index (χ0) is 36.2. The van der Waals surface area contributed by atoms with Gasteiger partial charge in [0.05, 0.1) is 37.6 Å². The molecule has 51 heavy (non-hydrogen) atoms. The fraction of sp³-hybridized carbons (Fsp3) is 0.974. The molecule has 0 bridgehead atoms. The van der Waals surface area contributed by atoms with Gasteiger partial charge in [-0.2, -0.15) is 0 Å². The van der Waals surface area contributed by atoms with Gasteiger partial charge < -0.3 is 54.0 Å². The van der Waals surface area contributed by atoms with Crippen LogP contribution in [0.25, 0.3) is 0 Å². The average Bonchev–Trinajstić information content (AvgIpc) is 3.55. The van der Waals surface area contributed by atoms with Crippen LogP contribution in [-0.4, -0.2) is 118 Å². The van der Waals surface area contributed by atoms with Crippen molar-refractivity contribution in [1.29, 1.82) is 0 Å². The summed E-state index contributed by atoms with van der Waals surface area (Å²) in [6.45, 7) is 11.1. The molecule has 8 rings (SSSR count). The summed E-state index contributed by atoms with van der Waals surface area (Å²) in [5.41, 5.74) is -0.390. The molecule has 0 unspecified atom stereocenters. The summed E-state index contributed by atoms with van der Waals surface area (Å²) in [6.07, 6.45) is -2.30. The highest BCUT2D eigenvalue weighted by Crippen LogP contribution is 2.70. The van der Waals surface area contributed by atoms with Crippen molar-refractivity contribution in [3.63, 3.8) is 0 Å². The van der Waals surface area contributed by atoms with Gasteiger partial charge in [0.2, 0.25) is 0 Å². The van der Waals surface area contributed by atoms with E-state index < -0.39 is 67.7 Å². The lowest BCUT2D eigenvalue weighted by Gasteiger charge is -2.60. The molecule has 290 valence electrons. The van der Waals surface area contributed by atoms with Crippen LogP contribution >= 0.6 is 0 Å². The summed E-state index contributed by atoms with van der Waals surface area (Å²) in [7, 11) is 0. The molecule has 0 aromatic carbocycles. The molecule has 0 radical (unpaired) electrons. The topological polar surface area (TPSA) is 174 Å². The summed E-state index contributed by atoms with van der Waals surface area (Å²) in [4.78, 5) is 14.5. The van der Waals surface area contributed by atoms with Crippen LogP contribution in [0.1, 0.15) is 98.8 Å². The van der Waals surface area contributed by atoms with E-state index in [0.717, 1.165) is 58.0 Å². The van der Waals surface area contributed by atoms with Crippen molar-refractivity contribution in [2.24, 2.45) is 52.3 Å². The lowest BCUT2D eigenvalue weighted by molar-refractivity contribution is -0.354. The Labute approximate surface area is 301 Å². The fourth-order valence-electron chi connectivity index (χ4n) is 12.9. The highest BCUT2D eigenvalue weighted by Gasteiger charge is 2.72.